The first-order valence-corrected chi connectivity index (χ1v) is 7.90. The lowest BCUT2D eigenvalue weighted by molar-refractivity contribution is -0.385. The molecule has 1 N–H and O–H groups in total. The van der Waals surface area contributed by atoms with E-state index >= 15 is 0 Å². The largest absolute Gasteiger partial charge is 0.395 e. The van der Waals surface area contributed by atoms with Crippen LogP contribution in [0.4, 0.5) is 11.4 Å². The van der Waals surface area contributed by atoms with Crippen LogP contribution < -0.4 is 4.90 Å². The number of benzene rings is 1. The van der Waals surface area contributed by atoms with Crippen LogP contribution in [0.3, 0.4) is 0 Å². The number of nitro benzene ring substituents is 1. The quantitative estimate of drug-likeness (QED) is 0.664. The smallest absolute Gasteiger partial charge is 0.273 e. The summed E-state index contributed by atoms with van der Waals surface area (Å²) >= 11 is 6.23. The second-order valence-corrected chi connectivity index (χ2v) is 6.02. The van der Waals surface area contributed by atoms with E-state index in [1.165, 1.54) is 6.07 Å². The standard InChI is InChI=1S/C15H22ClN3O3/c1-3-12(10-20)17-4-6-18(7-5-17)15-8-11(2)14(19(21)22)9-13(15)16/h8-9,12,20H,3-7,10H2,1-2H3. The van der Waals surface area contributed by atoms with Crippen LogP contribution in [0.5, 0.6) is 0 Å². The number of rotatable bonds is 5. The molecule has 6 nitrogen and oxygen atoms in total. The molecule has 1 aromatic carbocycles. The highest BCUT2D eigenvalue weighted by Gasteiger charge is 2.25. The number of hydrogen-bond donors (Lipinski definition) is 1. The second-order valence-electron chi connectivity index (χ2n) is 5.61. The van der Waals surface area contributed by atoms with Gasteiger partial charge < -0.3 is 10.0 Å². The third-order valence-electron chi connectivity index (χ3n) is 4.32. The van der Waals surface area contributed by atoms with Crippen molar-refractivity contribution in [1.82, 2.24) is 4.90 Å². The monoisotopic (exact) mass is 327 g/mol. The number of aryl methyl sites for hydroxylation is 1. The van der Waals surface area contributed by atoms with Crippen molar-refractivity contribution in [2.24, 2.45) is 0 Å². The Kier molecular flexibility index (Phi) is 5.61. The molecular formula is C15H22ClN3O3. The Bertz CT molecular complexity index is 541. The van der Waals surface area contributed by atoms with Gasteiger partial charge in [0, 0.05) is 43.9 Å². The van der Waals surface area contributed by atoms with Crippen LogP contribution in [-0.4, -0.2) is 53.8 Å². The van der Waals surface area contributed by atoms with Gasteiger partial charge in [-0.25, -0.2) is 0 Å². The molecule has 1 fully saturated rings. The van der Waals surface area contributed by atoms with Crippen molar-refractivity contribution >= 4 is 23.0 Å². The van der Waals surface area contributed by atoms with E-state index in [2.05, 4.69) is 16.7 Å². The molecule has 122 valence electrons. The zero-order chi connectivity index (χ0) is 16.3. The van der Waals surface area contributed by atoms with Gasteiger partial charge in [0.15, 0.2) is 0 Å². The van der Waals surface area contributed by atoms with Crippen LogP contribution in [0.2, 0.25) is 5.02 Å². The maximum atomic E-state index is 10.9. The molecule has 1 atom stereocenters. The summed E-state index contributed by atoms with van der Waals surface area (Å²) in [4.78, 5) is 15.0. The minimum Gasteiger partial charge on any atom is -0.395 e. The molecule has 0 bridgehead atoms. The molecule has 2 rings (SSSR count). The Labute approximate surface area is 135 Å². The van der Waals surface area contributed by atoms with Gasteiger partial charge >= 0.3 is 0 Å². The summed E-state index contributed by atoms with van der Waals surface area (Å²) in [6.07, 6.45) is 0.925. The van der Waals surface area contributed by atoms with E-state index in [4.69, 9.17) is 11.6 Å². The maximum absolute atomic E-state index is 10.9. The summed E-state index contributed by atoms with van der Waals surface area (Å²) in [6, 6.07) is 3.43. The molecule has 0 amide bonds. The average Bonchev–Trinajstić information content (AvgIpc) is 2.51. The van der Waals surface area contributed by atoms with Crippen LogP contribution in [-0.2, 0) is 0 Å². The number of hydrogen-bond acceptors (Lipinski definition) is 5. The molecule has 1 unspecified atom stereocenters. The third kappa shape index (κ3) is 3.51. The highest BCUT2D eigenvalue weighted by molar-refractivity contribution is 6.33. The minimum atomic E-state index is -0.407. The van der Waals surface area contributed by atoms with Crippen molar-refractivity contribution < 1.29 is 10.0 Å². The fourth-order valence-electron chi connectivity index (χ4n) is 2.93. The average molecular weight is 328 g/mol. The van der Waals surface area contributed by atoms with Gasteiger partial charge in [-0.15, -0.1) is 0 Å². The Morgan fingerprint density at radius 2 is 2.00 bits per heavy atom. The van der Waals surface area contributed by atoms with Crippen LogP contribution in [0.25, 0.3) is 0 Å². The number of aliphatic hydroxyl groups excluding tert-OH is 1. The predicted octanol–water partition coefficient (Wildman–Crippen LogP) is 2.45. The van der Waals surface area contributed by atoms with Crippen molar-refractivity contribution in [1.29, 1.82) is 0 Å². The summed E-state index contributed by atoms with van der Waals surface area (Å²) in [5, 5.41) is 20.7. The van der Waals surface area contributed by atoms with Crippen molar-refractivity contribution in [2.75, 3.05) is 37.7 Å². The Morgan fingerprint density at radius 3 is 2.50 bits per heavy atom. The van der Waals surface area contributed by atoms with Crippen LogP contribution in [0.15, 0.2) is 12.1 Å². The van der Waals surface area contributed by atoms with E-state index in [-0.39, 0.29) is 18.3 Å². The molecular weight excluding hydrogens is 306 g/mol. The summed E-state index contributed by atoms with van der Waals surface area (Å²) in [6.45, 7) is 7.28. The predicted molar refractivity (Wildman–Crippen MR) is 87.8 cm³/mol. The highest BCUT2D eigenvalue weighted by Crippen LogP contribution is 2.33. The van der Waals surface area contributed by atoms with E-state index in [9.17, 15) is 15.2 Å². The lowest BCUT2D eigenvalue weighted by Crippen LogP contribution is -2.51. The van der Waals surface area contributed by atoms with Crippen LogP contribution in [0.1, 0.15) is 18.9 Å². The SMILES string of the molecule is CCC(CO)N1CCN(c2cc(C)c([N+](=O)[O-])cc2Cl)CC1. The lowest BCUT2D eigenvalue weighted by atomic mass is 10.1. The van der Waals surface area contributed by atoms with Crippen LogP contribution in [0, 0.1) is 17.0 Å². The van der Waals surface area contributed by atoms with E-state index in [1.54, 1.807) is 13.0 Å². The topological polar surface area (TPSA) is 69.8 Å². The zero-order valence-corrected chi connectivity index (χ0v) is 13.7. The first kappa shape index (κ1) is 17.0. The van der Waals surface area contributed by atoms with Gasteiger partial charge in [0.2, 0.25) is 0 Å². The number of aliphatic hydroxyl groups is 1. The molecule has 22 heavy (non-hydrogen) atoms. The summed E-state index contributed by atoms with van der Waals surface area (Å²) < 4.78 is 0. The second kappa shape index (κ2) is 7.26. The highest BCUT2D eigenvalue weighted by atomic mass is 35.5. The maximum Gasteiger partial charge on any atom is 0.273 e. The summed E-state index contributed by atoms with van der Waals surface area (Å²) in [7, 11) is 0. The lowest BCUT2D eigenvalue weighted by Gasteiger charge is -2.39. The third-order valence-corrected chi connectivity index (χ3v) is 4.62. The Morgan fingerprint density at radius 1 is 1.36 bits per heavy atom. The Balaban J connectivity index is 2.12. The molecule has 7 heteroatoms. The zero-order valence-electron chi connectivity index (χ0n) is 13.0. The van der Waals surface area contributed by atoms with Crippen LogP contribution >= 0.6 is 11.6 Å². The van der Waals surface area contributed by atoms with Gasteiger partial charge in [0.25, 0.3) is 5.69 Å². The van der Waals surface area contributed by atoms with Gasteiger partial charge in [-0.05, 0) is 19.4 Å². The minimum absolute atomic E-state index is 0.0544. The van der Waals surface area contributed by atoms with Gasteiger partial charge in [-0.1, -0.05) is 18.5 Å². The number of nitro groups is 1. The van der Waals surface area contributed by atoms with Crippen molar-refractivity contribution in [3.8, 4) is 0 Å². The number of anilines is 1. The number of piperazine rings is 1. The first-order valence-electron chi connectivity index (χ1n) is 7.52. The first-order chi connectivity index (χ1) is 10.5. The molecule has 0 radical (unpaired) electrons. The summed E-state index contributed by atoms with van der Waals surface area (Å²) in [5.74, 6) is 0. The Hall–Kier alpha value is -1.37. The van der Waals surface area contributed by atoms with Crippen molar-refractivity contribution in [2.45, 2.75) is 26.3 Å². The van der Waals surface area contributed by atoms with Gasteiger partial charge in [0.05, 0.1) is 22.2 Å². The van der Waals surface area contributed by atoms with Gasteiger partial charge in [-0.2, -0.15) is 0 Å². The van der Waals surface area contributed by atoms with E-state index in [0.29, 0.717) is 10.6 Å². The molecule has 1 aliphatic rings. The number of nitrogens with zero attached hydrogens (tertiary/aromatic N) is 3. The molecule has 0 spiro atoms. The molecule has 0 saturated carbocycles. The summed E-state index contributed by atoms with van der Waals surface area (Å²) in [5.41, 5.74) is 1.52. The van der Waals surface area contributed by atoms with Crippen molar-refractivity contribution in [3.63, 3.8) is 0 Å². The van der Waals surface area contributed by atoms with Gasteiger partial charge in [-0.3, -0.25) is 15.0 Å². The number of halogens is 1. The molecule has 1 aromatic rings. The van der Waals surface area contributed by atoms with Crippen molar-refractivity contribution in [3.05, 3.63) is 32.8 Å². The molecule has 1 saturated heterocycles. The fourth-order valence-corrected chi connectivity index (χ4v) is 3.20. The fraction of sp³-hybridized carbons (Fsp3) is 0.600. The van der Waals surface area contributed by atoms with E-state index in [1.807, 2.05) is 0 Å². The van der Waals surface area contributed by atoms with E-state index < -0.39 is 4.92 Å². The van der Waals surface area contributed by atoms with Gasteiger partial charge in [0.1, 0.15) is 0 Å². The molecule has 0 aliphatic carbocycles. The molecule has 1 heterocycles. The van der Waals surface area contributed by atoms with E-state index in [0.717, 1.165) is 38.3 Å². The molecule has 0 aromatic heterocycles. The molecule has 1 aliphatic heterocycles. The normalized spacial score (nSPS) is 17.5.